The van der Waals surface area contributed by atoms with Crippen molar-refractivity contribution in [1.29, 1.82) is 0 Å². The third-order valence-electron chi connectivity index (χ3n) is 4.86. The summed E-state index contributed by atoms with van der Waals surface area (Å²) in [6.45, 7) is 13.3. The summed E-state index contributed by atoms with van der Waals surface area (Å²) < 4.78 is 0. The second kappa shape index (κ2) is 8.97. The number of aromatic nitrogens is 2. The maximum absolute atomic E-state index is 11.9. The van der Waals surface area contributed by atoms with Crippen LogP contribution in [0.15, 0.2) is 5.38 Å². The first-order valence-electron chi connectivity index (χ1n) is 9.96. The summed E-state index contributed by atoms with van der Waals surface area (Å²) in [4.78, 5) is 27.2. The van der Waals surface area contributed by atoms with Crippen LogP contribution < -0.4 is 10.2 Å². The second-order valence-corrected chi connectivity index (χ2v) is 8.56. The molecule has 1 N–H and O–H groups in total. The summed E-state index contributed by atoms with van der Waals surface area (Å²) >= 11 is 1.73. The first kappa shape index (κ1) is 20.0. The molecule has 0 aromatic carbocycles. The van der Waals surface area contributed by atoms with E-state index >= 15 is 0 Å². The molecule has 0 aliphatic carbocycles. The first-order chi connectivity index (χ1) is 13.0. The largest absolute Gasteiger partial charge is 0.355 e. The lowest BCUT2D eigenvalue weighted by atomic mass is 10.0. The number of nitrogens with zero attached hydrogens (tertiary/aromatic N) is 4. The smallest absolute Gasteiger partial charge is 0.234 e. The van der Waals surface area contributed by atoms with E-state index in [1.165, 1.54) is 10.9 Å². The van der Waals surface area contributed by atoms with Gasteiger partial charge in [-0.3, -0.25) is 9.69 Å². The molecule has 148 valence electrons. The Labute approximate surface area is 166 Å². The van der Waals surface area contributed by atoms with Gasteiger partial charge in [0, 0.05) is 32.7 Å². The van der Waals surface area contributed by atoms with Crippen molar-refractivity contribution in [3.05, 3.63) is 16.8 Å². The molecular weight excluding hydrogens is 358 g/mol. The predicted molar refractivity (Wildman–Crippen MR) is 113 cm³/mol. The van der Waals surface area contributed by atoms with Crippen molar-refractivity contribution in [1.82, 2.24) is 20.2 Å². The fourth-order valence-corrected chi connectivity index (χ4v) is 4.69. The van der Waals surface area contributed by atoms with Gasteiger partial charge in [0.2, 0.25) is 5.91 Å². The summed E-state index contributed by atoms with van der Waals surface area (Å²) in [5, 5.41) is 6.38. The molecule has 0 bridgehead atoms. The Bertz CT molecular complexity index is 788. The molecule has 0 spiro atoms. The Balaban J connectivity index is 1.82. The van der Waals surface area contributed by atoms with E-state index in [-0.39, 0.29) is 5.91 Å². The number of carbonyl (C=O) groups is 1. The molecule has 1 aliphatic rings. The van der Waals surface area contributed by atoms with Crippen molar-refractivity contribution in [2.24, 2.45) is 5.92 Å². The minimum Gasteiger partial charge on any atom is -0.355 e. The number of aryl methyl sites for hydroxylation is 1. The number of hydrogen-bond acceptors (Lipinski definition) is 6. The number of nitrogens with one attached hydrogen (secondary N) is 1. The SMILES string of the molecule is CCNC(=O)CN1CCCN(c2nc(C)nc3scc(CC(C)C)c23)CC1. The standard InChI is InChI=1S/C20H31N5OS/c1-5-21-17(26)12-24-7-6-8-25(10-9-24)19-18-16(11-14(2)3)13-27-20(18)23-15(4)22-19/h13-14H,5-12H2,1-4H3,(H,21,26). The van der Waals surface area contributed by atoms with E-state index < -0.39 is 0 Å². The molecule has 0 saturated carbocycles. The highest BCUT2D eigenvalue weighted by Gasteiger charge is 2.22. The van der Waals surface area contributed by atoms with Gasteiger partial charge < -0.3 is 10.2 Å². The van der Waals surface area contributed by atoms with E-state index in [0.29, 0.717) is 19.0 Å². The van der Waals surface area contributed by atoms with Crippen molar-refractivity contribution < 1.29 is 4.79 Å². The number of hydrogen-bond donors (Lipinski definition) is 1. The van der Waals surface area contributed by atoms with E-state index in [4.69, 9.17) is 4.98 Å². The van der Waals surface area contributed by atoms with E-state index in [9.17, 15) is 4.79 Å². The minimum absolute atomic E-state index is 0.114. The zero-order valence-corrected chi connectivity index (χ0v) is 17.7. The van der Waals surface area contributed by atoms with Gasteiger partial charge in [0.1, 0.15) is 16.5 Å². The Morgan fingerprint density at radius 2 is 2.07 bits per heavy atom. The molecule has 1 aliphatic heterocycles. The third kappa shape index (κ3) is 4.96. The van der Waals surface area contributed by atoms with Gasteiger partial charge in [-0.05, 0) is 43.6 Å². The van der Waals surface area contributed by atoms with Gasteiger partial charge in [-0.15, -0.1) is 11.3 Å². The summed E-state index contributed by atoms with van der Waals surface area (Å²) in [7, 11) is 0. The average Bonchev–Trinajstić information content (AvgIpc) is 2.84. The maximum Gasteiger partial charge on any atom is 0.234 e. The Hall–Kier alpha value is -1.73. The van der Waals surface area contributed by atoms with Crippen molar-refractivity contribution in [3.8, 4) is 0 Å². The summed E-state index contributed by atoms with van der Waals surface area (Å²) in [5.74, 6) is 2.63. The van der Waals surface area contributed by atoms with E-state index in [2.05, 4.69) is 39.3 Å². The average molecular weight is 390 g/mol. The van der Waals surface area contributed by atoms with E-state index in [0.717, 1.165) is 55.5 Å². The van der Waals surface area contributed by atoms with Gasteiger partial charge in [0.25, 0.3) is 0 Å². The molecule has 0 radical (unpaired) electrons. The Kier molecular flexibility index (Phi) is 6.65. The number of carbonyl (C=O) groups excluding carboxylic acids is 1. The van der Waals surface area contributed by atoms with Crippen molar-refractivity contribution >= 4 is 33.3 Å². The fourth-order valence-electron chi connectivity index (χ4n) is 3.70. The lowest BCUT2D eigenvalue weighted by Gasteiger charge is -2.24. The molecule has 3 rings (SSSR count). The van der Waals surface area contributed by atoms with Crippen LogP contribution in [-0.2, 0) is 11.2 Å². The van der Waals surface area contributed by atoms with Crippen molar-refractivity contribution in [2.75, 3.05) is 44.2 Å². The van der Waals surface area contributed by atoms with Gasteiger partial charge in [-0.25, -0.2) is 9.97 Å². The van der Waals surface area contributed by atoms with Crippen LogP contribution in [-0.4, -0.2) is 60.0 Å². The summed E-state index contributed by atoms with van der Waals surface area (Å²) in [6.07, 6.45) is 2.09. The van der Waals surface area contributed by atoms with Crippen LogP contribution in [0.25, 0.3) is 10.2 Å². The topological polar surface area (TPSA) is 61.4 Å². The minimum atomic E-state index is 0.114. The lowest BCUT2D eigenvalue weighted by Crippen LogP contribution is -2.39. The Morgan fingerprint density at radius 3 is 2.81 bits per heavy atom. The number of likely N-dealkylation sites (N-methyl/N-ethyl adjacent to an activating group) is 1. The van der Waals surface area contributed by atoms with Crippen LogP contribution >= 0.6 is 11.3 Å². The highest BCUT2D eigenvalue weighted by molar-refractivity contribution is 7.17. The van der Waals surface area contributed by atoms with Gasteiger partial charge >= 0.3 is 0 Å². The molecule has 0 unspecified atom stereocenters. The van der Waals surface area contributed by atoms with Crippen LogP contribution in [0.3, 0.4) is 0 Å². The highest BCUT2D eigenvalue weighted by atomic mass is 32.1. The molecule has 2 aromatic rings. The number of thiophene rings is 1. The normalized spacial score (nSPS) is 16.1. The third-order valence-corrected chi connectivity index (χ3v) is 5.78. The number of anilines is 1. The van der Waals surface area contributed by atoms with Crippen molar-refractivity contribution in [2.45, 2.75) is 40.5 Å². The first-order valence-corrected chi connectivity index (χ1v) is 10.8. The highest BCUT2D eigenvalue weighted by Crippen LogP contribution is 2.34. The van der Waals surface area contributed by atoms with Crippen LogP contribution in [0.2, 0.25) is 0 Å². The maximum atomic E-state index is 11.9. The van der Waals surface area contributed by atoms with Crippen LogP contribution in [0.1, 0.15) is 38.6 Å². The second-order valence-electron chi connectivity index (χ2n) is 7.70. The molecule has 1 saturated heterocycles. The summed E-state index contributed by atoms with van der Waals surface area (Å²) in [6, 6.07) is 0. The molecule has 6 nitrogen and oxygen atoms in total. The zero-order valence-electron chi connectivity index (χ0n) is 16.9. The summed E-state index contributed by atoms with van der Waals surface area (Å²) in [5.41, 5.74) is 1.36. The van der Waals surface area contributed by atoms with E-state index in [1.54, 1.807) is 11.3 Å². The van der Waals surface area contributed by atoms with Gasteiger partial charge in [0.15, 0.2) is 0 Å². The fraction of sp³-hybridized carbons (Fsp3) is 0.650. The monoisotopic (exact) mass is 389 g/mol. The molecule has 1 amide bonds. The number of fused-ring (bicyclic) bond motifs is 1. The molecule has 27 heavy (non-hydrogen) atoms. The quantitative estimate of drug-likeness (QED) is 0.823. The molecule has 7 heteroatoms. The van der Waals surface area contributed by atoms with E-state index in [1.807, 2.05) is 13.8 Å². The van der Waals surface area contributed by atoms with Gasteiger partial charge in [0.05, 0.1) is 11.9 Å². The zero-order chi connectivity index (χ0) is 19.4. The van der Waals surface area contributed by atoms with Crippen molar-refractivity contribution in [3.63, 3.8) is 0 Å². The lowest BCUT2D eigenvalue weighted by molar-refractivity contribution is -0.122. The molecule has 2 aromatic heterocycles. The van der Waals surface area contributed by atoms with Crippen LogP contribution in [0, 0.1) is 12.8 Å². The molecule has 0 atom stereocenters. The number of rotatable bonds is 6. The molecular formula is C20H31N5OS. The van der Waals surface area contributed by atoms with Gasteiger partial charge in [-0.1, -0.05) is 13.8 Å². The van der Waals surface area contributed by atoms with Crippen LogP contribution in [0.4, 0.5) is 5.82 Å². The molecule has 3 heterocycles. The Morgan fingerprint density at radius 1 is 1.26 bits per heavy atom. The predicted octanol–water partition coefficient (Wildman–Crippen LogP) is 2.85. The van der Waals surface area contributed by atoms with Crippen LogP contribution in [0.5, 0.6) is 0 Å². The number of amides is 1. The molecule has 1 fully saturated rings. The van der Waals surface area contributed by atoms with Gasteiger partial charge in [-0.2, -0.15) is 0 Å².